The van der Waals surface area contributed by atoms with Crippen molar-refractivity contribution >= 4 is 12.1 Å². The van der Waals surface area contributed by atoms with E-state index < -0.39 is 12.1 Å². The molecule has 1 amide bonds. The van der Waals surface area contributed by atoms with E-state index in [0.717, 1.165) is 55.8 Å². The third kappa shape index (κ3) is 13.0. The van der Waals surface area contributed by atoms with Crippen LogP contribution >= 0.6 is 0 Å². The van der Waals surface area contributed by atoms with Crippen molar-refractivity contribution in [3.05, 3.63) is 95.6 Å². The number of likely N-dealkylation sites (N-methyl/N-ethyl adjacent to an activating group) is 1. The Hall–Kier alpha value is -3.75. The van der Waals surface area contributed by atoms with E-state index in [1.54, 1.807) is 14.2 Å². The number of nitrogens with zero attached hydrogens (tertiary/aromatic N) is 1. The molecule has 0 aliphatic heterocycles. The number of methoxy groups -OCH3 is 3. The molecule has 3 rings (SSSR count). The number of ether oxygens (including phenoxy) is 4. The number of carbonyl (C=O) groups excluding carboxylic acids is 2. The predicted octanol–water partition coefficient (Wildman–Crippen LogP) is 2.58. The fourth-order valence-corrected chi connectivity index (χ4v) is 5.12. The Bertz CT molecular complexity index is 1170. The molecule has 0 unspecified atom stereocenters. The summed E-state index contributed by atoms with van der Waals surface area (Å²) < 4.78 is 21.7. The summed E-state index contributed by atoms with van der Waals surface area (Å²) in [6.07, 6.45) is 3.27. The first kappa shape index (κ1) is 35.4. The first-order valence-electron chi connectivity index (χ1n) is 14.5. The van der Waals surface area contributed by atoms with Gasteiger partial charge in [0.15, 0.2) is 0 Å². The lowest BCUT2D eigenvalue weighted by molar-refractivity contribution is -0.911. The third-order valence-corrected chi connectivity index (χ3v) is 7.48. The molecular formula is C34H45ClN2O6. The van der Waals surface area contributed by atoms with Crippen molar-refractivity contribution < 1.29 is 45.4 Å². The number of rotatable bonds is 17. The number of amides is 1. The van der Waals surface area contributed by atoms with Crippen LogP contribution in [-0.2, 0) is 33.7 Å². The van der Waals surface area contributed by atoms with E-state index in [2.05, 4.69) is 36.6 Å². The smallest absolute Gasteiger partial charge is 0.407 e. The summed E-state index contributed by atoms with van der Waals surface area (Å²) >= 11 is 0. The minimum Gasteiger partial charge on any atom is -1.00 e. The van der Waals surface area contributed by atoms with Crippen molar-refractivity contribution in [2.45, 2.75) is 44.8 Å². The summed E-state index contributed by atoms with van der Waals surface area (Å²) in [6, 6.07) is 25.4. The molecule has 1 N–H and O–H groups in total. The van der Waals surface area contributed by atoms with Crippen molar-refractivity contribution in [1.29, 1.82) is 0 Å². The van der Waals surface area contributed by atoms with Gasteiger partial charge >= 0.3 is 12.1 Å². The van der Waals surface area contributed by atoms with Gasteiger partial charge in [-0.15, -0.1) is 0 Å². The average molecular weight is 613 g/mol. The molecule has 0 aliphatic carbocycles. The second-order valence-corrected chi connectivity index (χ2v) is 10.8. The Morgan fingerprint density at radius 2 is 1.26 bits per heavy atom. The zero-order valence-corrected chi connectivity index (χ0v) is 26.5. The van der Waals surface area contributed by atoms with E-state index in [0.29, 0.717) is 11.0 Å². The normalized spacial score (nSPS) is 11.5. The Morgan fingerprint density at radius 3 is 1.72 bits per heavy atom. The summed E-state index contributed by atoms with van der Waals surface area (Å²) in [5, 5.41) is 2.94. The number of hydrogen-bond donors (Lipinski definition) is 1. The summed E-state index contributed by atoms with van der Waals surface area (Å²) in [4.78, 5) is 25.1. The highest BCUT2D eigenvalue weighted by atomic mass is 35.5. The molecule has 0 fully saturated rings. The number of hydrogen-bond acceptors (Lipinski definition) is 6. The topological polar surface area (TPSA) is 83.1 Å². The Kier molecular flexibility index (Phi) is 15.4. The molecule has 0 saturated heterocycles. The second kappa shape index (κ2) is 18.7. The summed E-state index contributed by atoms with van der Waals surface area (Å²) in [5.74, 6) is 1.31. The van der Waals surface area contributed by atoms with Gasteiger partial charge in [-0.2, -0.15) is 0 Å². The van der Waals surface area contributed by atoms with Crippen LogP contribution in [0.5, 0.6) is 11.5 Å². The van der Waals surface area contributed by atoms with Crippen molar-refractivity contribution in [3.63, 3.8) is 0 Å². The third-order valence-electron chi connectivity index (χ3n) is 7.48. The van der Waals surface area contributed by atoms with Gasteiger partial charge in [-0.05, 0) is 53.8 Å². The van der Waals surface area contributed by atoms with Crippen molar-refractivity contribution in [1.82, 2.24) is 5.32 Å². The maximum absolute atomic E-state index is 12.8. The highest BCUT2D eigenvalue weighted by Crippen LogP contribution is 2.18. The van der Waals surface area contributed by atoms with Gasteiger partial charge in [0.2, 0.25) is 0 Å². The molecule has 3 aromatic rings. The molecule has 0 saturated carbocycles. The predicted molar refractivity (Wildman–Crippen MR) is 164 cm³/mol. The molecule has 0 bridgehead atoms. The molecule has 0 heterocycles. The van der Waals surface area contributed by atoms with E-state index in [1.807, 2.05) is 54.6 Å². The van der Waals surface area contributed by atoms with Crippen LogP contribution < -0.4 is 27.2 Å². The van der Waals surface area contributed by atoms with Crippen LogP contribution in [0.4, 0.5) is 4.79 Å². The lowest BCUT2D eigenvalue weighted by atomic mass is 10.1. The minimum absolute atomic E-state index is 0. The zero-order chi connectivity index (χ0) is 30.2. The van der Waals surface area contributed by atoms with Crippen molar-refractivity contribution in [2.24, 2.45) is 0 Å². The molecule has 9 heteroatoms. The fraction of sp³-hybridized carbons (Fsp3) is 0.412. The van der Waals surface area contributed by atoms with Crippen molar-refractivity contribution in [2.75, 3.05) is 48.0 Å². The molecule has 0 spiro atoms. The number of nitrogens with one attached hydrogen (secondary N) is 1. The minimum atomic E-state index is -0.546. The number of benzene rings is 3. The highest BCUT2D eigenvalue weighted by molar-refractivity contribution is 5.72. The van der Waals surface area contributed by atoms with Gasteiger partial charge in [-0.25, -0.2) is 4.79 Å². The quantitative estimate of drug-likeness (QED) is 0.186. The van der Waals surface area contributed by atoms with Crippen LogP contribution in [0.15, 0.2) is 78.9 Å². The average Bonchev–Trinajstić information content (AvgIpc) is 3.01. The van der Waals surface area contributed by atoms with Crippen LogP contribution in [0.2, 0.25) is 0 Å². The molecule has 43 heavy (non-hydrogen) atoms. The molecule has 234 valence electrons. The van der Waals surface area contributed by atoms with E-state index in [1.165, 1.54) is 18.2 Å². The first-order valence-corrected chi connectivity index (χ1v) is 14.5. The molecule has 8 nitrogen and oxygen atoms in total. The summed E-state index contributed by atoms with van der Waals surface area (Å²) in [7, 11) is 6.90. The Labute approximate surface area is 262 Å². The monoisotopic (exact) mass is 612 g/mol. The molecule has 3 aromatic carbocycles. The molecule has 0 aliphatic rings. The number of alkyl carbamates (subject to hydrolysis) is 1. The molecule has 0 radical (unpaired) electrons. The van der Waals surface area contributed by atoms with Crippen LogP contribution in [0, 0.1) is 0 Å². The maximum Gasteiger partial charge on any atom is 0.407 e. The first-order chi connectivity index (χ1) is 20.3. The van der Waals surface area contributed by atoms with Crippen LogP contribution in [0.1, 0.15) is 36.0 Å². The Morgan fingerprint density at radius 1 is 0.744 bits per heavy atom. The van der Waals surface area contributed by atoms with Crippen LogP contribution in [0.3, 0.4) is 0 Å². The largest absolute Gasteiger partial charge is 1.00 e. The molecule has 1 atom stereocenters. The van der Waals surface area contributed by atoms with Gasteiger partial charge in [0, 0.05) is 12.8 Å². The number of carbonyl (C=O) groups is 2. The number of aryl methyl sites for hydroxylation is 2. The highest BCUT2D eigenvalue weighted by Gasteiger charge is 2.29. The number of esters is 1. The van der Waals surface area contributed by atoms with Crippen LogP contribution in [-0.4, -0.2) is 70.6 Å². The molecular weight excluding hydrogens is 568 g/mol. The Balaban J connectivity index is 0.00000645. The standard InChI is InChI=1S/C34H44N2O6.ClH/c1-36(22-8-12-27-14-18-31(39-2)19-15-27,23-9-13-28-16-20-32(40-3)21-17-28)25-30(24-33(37)41-4)35-34(38)42-26-29-10-6-5-7-11-29;/h5-7,10-11,14-21,30H,8-9,12-13,22-26H2,1-4H3;1H/t30-;/m0./s1. The van der Waals surface area contributed by atoms with Crippen LogP contribution in [0.25, 0.3) is 0 Å². The lowest BCUT2D eigenvalue weighted by Crippen LogP contribution is -3.00. The fourth-order valence-electron chi connectivity index (χ4n) is 5.12. The SMILES string of the molecule is COC(=O)C[C@@H](C[N+](C)(CCCc1ccc(OC)cc1)CCCc1ccc(OC)cc1)NC(=O)OCc1ccccc1.[Cl-]. The molecule has 0 aromatic heterocycles. The second-order valence-electron chi connectivity index (χ2n) is 10.8. The van der Waals surface area contributed by atoms with E-state index in [4.69, 9.17) is 18.9 Å². The maximum atomic E-state index is 12.8. The lowest BCUT2D eigenvalue weighted by Gasteiger charge is -2.37. The summed E-state index contributed by atoms with van der Waals surface area (Å²) in [5.41, 5.74) is 3.39. The van der Waals surface area contributed by atoms with Gasteiger partial charge < -0.3 is 41.2 Å². The van der Waals surface area contributed by atoms with Gasteiger partial charge in [0.05, 0.1) is 60.5 Å². The van der Waals surface area contributed by atoms with Crippen molar-refractivity contribution in [3.8, 4) is 11.5 Å². The number of quaternary nitrogens is 1. The van der Waals surface area contributed by atoms with Gasteiger partial charge in [0.1, 0.15) is 18.1 Å². The number of halogens is 1. The van der Waals surface area contributed by atoms with E-state index >= 15 is 0 Å². The van der Waals surface area contributed by atoms with Gasteiger partial charge in [-0.3, -0.25) is 4.79 Å². The summed E-state index contributed by atoms with van der Waals surface area (Å²) in [6.45, 7) is 2.49. The zero-order valence-electron chi connectivity index (χ0n) is 25.7. The van der Waals surface area contributed by atoms with E-state index in [9.17, 15) is 9.59 Å². The van der Waals surface area contributed by atoms with E-state index in [-0.39, 0.29) is 31.4 Å². The van der Waals surface area contributed by atoms with Gasteiger partial charge in [0.25, 0.3) is 0 Å². The van der Waals surface area contributed by atoms with Gasteiger partial charge in [-0.1, -0.05) is 54.6 Å².